The fourth-order valence-corrected chi connectivity index (χ4v) is 3.56. The zero-order valence-corrected chi connectivity index (χ0v) is 15.8. The molecule has 0 saturated carbocycles. The molecule has 7 nitrogen and oxygen atoms in total. The molecule has 4 aromatic rings. The van der Waals surface area contributed by atoms with Crippen molar-refractivity contribution >= 4 is 39.2 Å². The summed E-state index contributed by atoms with van der Waals surface area (Å²) in [5.74, 6) is 0. The molecule has 0 unspecified atom stereocenters. The summed E-state index contributed by atoms with van der Waals surface area (Å²) < 4.78 is 0. The van der Waals surface area contributed by atoms with Gasteiger partial charge in [-0.25, -0.2) is 4.98 Å². The van der Waals surface area contributed by atoms with E-state index >= 15 is 0 Å². The summed E-state index contributed by atoms with van der Waals surface area (Å²) in [7, 11) is 0. The Kier molecular flexibility index (Phi) is 4.97. The number of fused-ring (bicyclic) bond motifs is 1. The Morgan fingerprint density at radius 1 is 1.10 bits per heavy atom. The molecule has 1 N–H and O–H groups in total. The Morgan fingerprint density at radius 3 is 2.72 bits per heavy atom. The van der Waals surface area contributed by atoms with Crippen molar-refractivity contribution in [1.82, 2.24) is 4.98 Å². The van der Waals surface area contributed by atoms with Crippen LogP contribution in [0.3, 0.4) is 0 Å². The fraction of sp³-hybridized carbons (Fsp3) is 0. The number of rotatable bonds is 5. The van der Waals surface area contributed by atoms with Crippen molar-refractivity contribution in [2.24, 2.45) is 5.10 Å². The zero-order valence-electron chi connectivity index (χ0n) is 14.9. The minimum atomic E-state index is -0.452. The summed E-state index contributed by atoms with van der Waals surface area (Å²) in [6.45, 7) is 0. The molecule has 0 atom stereocenters. The maximum Gasteiger partial charge on any atom is 0.270 e. The second-order valence-electron chi connectivity index (χ2n) is 6.09. The van der Waals surface area contributed by atoms with Crippen LogP contribution in [-0.2, 0) is 0 Å². The number of nitro benzene ring substituents is 1. The highest BCUT2D eigenvalue weighted by Crippen LogP contribution is 2.26. The van der Waals surface area contributed by atoms with Crippen LogP contribution in [0.25, 0.3) is 22.0 Å². The Labute approximate surface area is 169 Å². The minimum absolute atomic E-state index is 0.0100. The van der Waals surface area contributed by atoms with Gasteiger partial charge in [-0.15, -0.1) is 11.3 Å². The second kappa shape index (κ2) is 7.88. The molecule has 0 amide bonds. The first-order valence-corrected chi connectivity index (χ1v) is 9.45. The number of nitrogens with zero attached hydrogens (tertiary/aromatic N) is 4. The molecule has 0 spiro atoms. The third-order valence-corrected chi connectivity index (χ3v) is 5.06. The highest BCUT2D eigenvalue weighted by molar-refractivity contribution is 7.12. The van der Waals surface area contributed by atoms with Crippen LogP contribution in [0.5, 0.6) is 0 Å². The van der Waals surface area contributed by atoms with Crippen molar-refractivity contribution in [3.05, 3.63) is 87.2 Å². The SMILES string of the molecule is N#C/C(=N\Nc1ccc2ccccc2c1)c1nc(-c2cccc([N+](=O)[O-])c2)cs1. The maximum absolute atomic E-state index is 11.0. The van der Waals surface area contributed by atoms with Gasteiger partial charge in [0.2, 0.25) is 0 Å². The van der Waals surface area contributed by atoms with Crippen molar-refractivity contribution in [3.63, 3.8) is 0 Å². The highest BCUT2D eigenvalue weighted by atomic mass is 32.1. The van der Waals surface area contributed by atoms with Crippen LogP contribution >= 0.6 is 11.3 Å². The van der Waals surface area contributed by atoms with E-state index in [0.717, 1.165) is 16.5 Å². The molecular formula is C21H13N5O2S. The topological polar surface area (TPSA) is 104 Å². The molecule has 8 heteroatoms. The molecule has 29 heavy (non-hydrogen) atoms. The molecule has 140 valence electrons. The summed E-state index contributed by atoms with van der Waals surface area (Å²) >= 11 is 1.25. The first kappa shape index (κ1) is 18.3. The maximum atomic E-state index is 11.0. The van der Waals surface area contributed by atoms with Crippen LogP contribution in [-0.4, -0.2) is 15.6 Å². The Hall–Kier alpha value is -4.09. The van der Waals surface area contributed by atoms with E-state index in [4.69, 9.17) is 0 Å². The van der Waals surface area contributed by atoms with E-state index in [1.807, 2.05) is 48.5 Å². The quantitative estimate of drug-likeness (QED) is 0.282. The van der Waals surface area contributed by atoms with Crippen molar-refractivity contribution < 1.29 is 4.92 Å². The van der Waals surface area contributed by atoms with Gasteiger partial charge in [0.15, 0.2) is 10.7 Å². The number of anilines is 1. The third-order valence-electron chi connectivity index (χ3n) is 4.21. The number of nitriles is 1. The van der Waals surface area contributed by atoms with Crippen LogP contribution in [0.2, 0.25) is 0 Å². The summed E-state index contributed by atoms with van der Waals surface area (Å²) in [5, 5.41) is 29.0. The first-order valence-electron chi connectivity index (χ1n) is 8.57. The largest absolute Gasteiger partial charge is 0.277 e. The third kappa shape index (κ3) is 3.95. The van der Waals surface area contributed by atoms with Crippen LogP contribution < -0.4 is 5.43 Å². The van der Waals surface area contributed by atoms with E-state index in [9.17, 15) is 15.4 Å². The Bertz CT molecular complexity index is 1290. The lowest BCUT2D eigenvalue weighted by atomic mass is 10.1. The molecule has 4 rings (SSSR count). The van der Waals surface area contributed by atoms with Gasteiger partial charge in [-0.2, -0.15) is 10.4 Å². The lowest BCUT2D eigenvalue weighted by molar-refractivity contribution is -0.384. The summed E-state index contributed by atoms with van der Waals surface area (Å²) in [6, 6.07) is 22.0. The molecule has 3 aromatic carbocycles. The molecule has 0 fully saturated rings. The molecular weight excluding hydrogens is 386 g/mol. The number of nitrogens with one attached hydrogen (secondary N) is 1. The smallest absolute Gasteiger partial charge is 0.270 e. The number of nitro groups is 1. The van der Waals surface area contributed by atoms with Crippen LogP contribution in [0.4, 0.5) is 11.4 Å². The molecule has 0 bridgehead atoms. The standard InChI is InChI=1S/C21H13N5O2S/c22-12-19(25-24-17-9-8-14-4-1-2-5-15(14)10-17)21-23-20(13-29-21)16-6-3-7-18(11-16)26(27)28/h1-11,13,24H/b25-19+. The predicted molar refractivity (Wildman–Crippen MR) is 114 cm³/mol. The van der Waals surface area contributed by atoms with Gasteiger partial charge in [0.1, 0.15) is 6.07 Å². The number of non-ortho nitro benzene ring substituents is 1. The number of hydrazone groups is 1. The molecule has 1 heterocycles. The van der Waals surface area contributed by atoms with E-state index in [1.165, 1.54) is 23.5 Å². The van der Waals surface area contributed by atoms with Gasteiger partial charge in [0.25, 0.3) is 5.69 Å². The molecule has 0 aliphatic rings. The average molecular weight is 399 g/mol. The zero-order chi connectivity index (χ0) is 20.2. The van der Waals surface area contributed by atoms with Crippen molar-refractivity contribution in [3.8, 4) is 17.3 Å². The van der Waals surface area contributed by atoms with Crippen LogP contribution in [0.1, 0.15) is 5.01 Å². The average Bonchev–Trinajstić information content (AvgIpc) is 3.24. The van der Waals surface area contributed by atoms with E-state index in [-0.39, 0.29) is 11.4 Å². The lowest BCUT2D eigenvalue weighted by Gasteiger charge is -2.03. The number of hydrogen-bond acceptors (Lipinski definition) is 7. The number of benzene rings is 3. The number of thiazole rings is 1. The molecule has 0 saturated heterocycles. The number of aromatic nitrogens is 1. The van der Waals surface area contributed by atoms with Gasteiger partial charge in [-0.05, 0) is 22.9 Å². The molecule has 0 aliphatic carbocycles. The van der Waals surface area contributed by atoms with Gasteiger partial charge in [-0.1, -0.05) is 42.5 Å². The molecule has 0 radical (unpaired) electrons. The van der Waals surface area contributed by atoms with Crippen molar-refractivity contribution in [2.75, 3.05) is 5.43 Å². The molecule has 1 aromatic heterocycles. The van der Waals surface area contributed by atoms with Crippen molar-refractivity contribution in [2.45, 2.75) is 0 Å². The van der Waals surface area contributed by atoms with Crippen LogP contribution in [0.15, 0.2) is 77.2 Å². The van der Waals surface area contributed by atoms with Crippen LogP contribution in [0, 0.1) is 21.4 Å². The Balaban J connectivity index is 1.58. The van der Waals surface area contributed by atoms with Gasteiger partial charge in [0.05, 0.1) is 16.3 Å². The lowest BCUT2D eigenvalue weighted by Crippen LogP contribution is -2.01. The van der Waals surface area contributed by atoms with Gasteiger partial charge in [0, 0.05) is 23.1 Å². The second-order valence-corrected chi connectivity index (χ2v) is 6.95. The highest BCUT2D eigenvalue weighted by Gasteiger charge is 2.13. The van der Waals surface area contributed by atoms with Gasteiger partial charge >= 0.3 is 0 Å². The normalized spacial score (nSPS) is 11.2. The van der Waals surface area contributed by atoms with E-state index in [1.54, 1.807) is 17.5 Å². The minimum Gasteiger partial charge on any atom is -0.277 e. The first-order chi connectivity index (χ1) is 14.1. The van der Waals surface area contributed by atoms with Gasteiger partial charge < -0.3 is 0 Å². The van der Waals surface area contributed by atoms with E-state index in [0.29, 0.717) is 16.3 Å². The Morgan fingerprint density at radius 2 is 1.93 bits per heavy atom. The summed E-state index contributed by atoms with van der Waals surface area (Å²) in [4.78, 5) is 14.9. The monoisotopic (exact) mass is 399 g/mol. The van der Waals surface area contributed by atoms with Gasteiger partial charge in [-0.3, -0.25) is 15.5 Å². The predicted octanol–water partition coefficient (Wildman–Crippen LogP) is 5.21. The number of hydrogen-bond donors (Lipinski definition) is 1. The van der Waals surface area contributed by atoms with Crippen molar-refractivity contribution in [1.29, 1.82) is 5.26 Å². The fourth-order valence-electron chi connectivity index (χ4n) is 2.79. The summed E-state index contributed by atoms with van der Waals surface area (Å²) in [6.07, 6.45) is 0. The summed E-state index contributed by atoms with van der Waals surface area (Å²) in [5.41, 5.74) is 4.96. The van der Waals surface area contributed by atoms with E-state index in [2.05, 4.69) is 15.5 Å². The molecule has 0 aliphatic heterocycles. The van der Waals surface area contributed by atoms with E-state index < -0.39 is 4.92 Å².